The average Bonchev–Trinajstić information content (AvgIpc) is 2.89. The first-order valence-electron chi connectivity index (χ1n) is 5.41. The number of carbonyl (C=O) groups is 1. The van der Waals surface area contributed by atoms with E-state index in [0.29, 0.717) is 15.8 Å². The monoisotopic (exact) mass is 327 g/mol. The van der Waals surface area contributed by atoms with Crippen LogP contribution in [0, 0.1) is 5.82 Å². The van der Waals surface area contributed by atoms with Gasteiger partial charge in [0.25, 0.3) is 0 Å². The van der Waals surface area contributed by atoms with E-state index in [1.807, 2.05) is 0 Å². The molecule has 1 atom stereocenters. The first-order valence-corrected chi connectivity index (χ1v) is 6.21. The third kappa shape index (κ3) is 2.85. The standard InChI is InChI=1S/C13H11BrFNO3/c1-18-13(17)11-5-4-10(19-11)12(16)7-2-3-9(15)8(14)6-7/h2-6,12H,16H2,1H3. The predicted octanol–water partition coefficient (Wildman–Crippen LogP) is 3.02. The van der Waals surface area contributed by atoms with E-state index in [4.69, 9.17) is 10.2 Å². The SMILES string of the molecule is COC(=O)c1ccc(C(N)c2ccc(F)c(Br)c2)o1. The molecule has 0 spiro atoms. The molecule has 2 aromatic rings. The van der Waals surface area contributed by atoms with E-state index in [2.05, 4.69) is 20.7 Å². The number of carbonyl (C=O) groups excluding carboxylic acids is 1. The second-order valence-electron chi connectivity index (χ2n) is 3.84. The van der Waals surface area contributed by atoms with Crippen molar-refractivity contribution in [3.8, 4) is 0 Å². The smallest absolute Gasteiger partial charge is 0.373 e. The molecule has 1 heterocycles. The Kier molecular flexibility index (Phi) is 4.01. The Morgan fingerprint density at radius 1 is 1.42 bits per heavy atom. The second-order valence-corrected chi connectivity index (χ2v) is 4.70. The van der Waals surface area contributed by atoms with Gasteiger partial charge in [-0.25, -0.2) is 9.18 Å². The third-order valence-electron chi connectivity index (χ3n) is 2.62. The molecule has 0 aliphatic heterocycles. The number of ether oxygens (including phenoxy) is 1. The van der Waals surface area contributed by atoms with Gasteiger partial charge in [-0.05, 0) is 45.8 Å². The number of rotatable bonds is 3. The van der Waals surface area contributed by atoms with Crippen LogP contribution in [-0.4, -0.2) is 13.1 Å². The van der Waals surface area contributed by atoms with E-state index in [1.165, 1.54) is 19.2 Å². The molecule has 1 unspecified atom stereocenters. The molecule has 0 fully saturated rings. The Labute approximate surface area is 117 Å². The lowest BCUT2D eigenvalue weighted by atomic mass is 10.1. The van der Waals surface area contributed by atoms with Crippen LogP contribution in [0.15, 0.2) is 39.2 Å². The minimum Gasteiger partial charge on any atom is -0.463 e. The van der Waals surface area contributed by atoms with Gasteiger partial charge >= 0.3 is 5.97 Å². The van der Waals surface area contributed by atoms with Gasteiger partial charge in [0, 0.05) is 0 Å². The van der Waals surface area contributed by atoms with Gasteiger partial charge in [0.15, 0.2) is 0 Å². The van der Waals surface area contributed by atoms with Gasteiger partial charge in [-0.1, -0.05) is 6.07 Å². The minimum absolute atomic E-state index is 0.0779. The van der Waals surface area contributed by atoms with E-state index in [1.54, 1.807) is 18.2 Å². The largest absolute Gasteiger partial charge is 0.463 e. The van der Waals surface area contributed by atoms with Crippen LogP contribution in [0.5, 0.6) is 0 Å². The number of furan rings is 1. The fourth-order valence-corrected chi connectivity index (χ4v) is 2.00. The highest BCUT2D eigenvalue weighted by molar-refractivity contribution is 9.10. The number of benzene rings is 1. The fraction of sp³-hybridized carbons (Fsp3) is 0.154. The summed E-state index contributed by atoms with van der Waals surface area (Å²) in [6.45, 7) is 0. The summed E-state index contributed by atoms with van der Waals surface area (Å²) in [5.74, 6) is -0.461. The molecule has 19 heavy (non-hydrogen) atoms. The predicted molar refractivity (Wildman–Crippen MR) is 70.2 cm³/mol. The van der Waals surface area contributed by atoms with Crippen LogP contribution in [0.4, 0.5) is 4.39 Å². The van der Waals surface area contributed by atoms with Crippen molar-refractivity contribution in [2.45, 2.75) is 6.04 Å². The Morgan fingerprint density at radius 3 is 2.79 bits per heavy atom. The zero-order valence-corrected chi connectivity index (χ0v) is 11.6. The number of hydrogen-bond acceptors (Lipinski definition) is 4. The molecular weight excluding hydrogens is 317 g/mol. The zero-order valence-electron chi connectivity index (χ0n) is 10.0. The van der Waals surface area contributed by atoms with Gasteiger partial charge < -0.3 is 14.9 Å². The van der Waals surface area contributed by atoms with E-state index < -0.39 is 12.0 Å². The summed E-state index contributed by atoms with van der Waals surface area (Å²) in [5.41, 5.74) is 6.67. The molecule has 0 radical (unpaired) electrons. The van der Waals surface area contributed by atoms with Crippen molar-refractivity contribution < 1.29 is 18.3 Å². The molecule has 0 aliphatic carbocycles. The number of halogens is 2. The lowest BCUT2D eigenvalue weighted by molar-refractivity contribution is 0.0562. The summed E-state index contributed by atoms with van der Waals surface area (Å²) >= 11 is 3.09. The Morgan fingerprint density at radius 2 is 2.16 bits per heavy atom. The maximum absolute atomic E-state index is 13.1. The summed E-state index contributed by atoms with van der Waals surface area (Å²) in [4.78, 5) is 11.3. The zero-order chi connectivity index (χ0) is 14.0. The highest BCUT2D eigenvalue weighted by Crippen LogP contribution is 2.25. The van der Waals surface area contributed by atoms with Crippen molar-refractivity contribution >= 4 is 21.9 Å². The third-order valence-corrected chi connectivity index (χ3v) is 3.23. The maximum Gasteiger partial charge on any atom is 0.373 e. The summed E-state index contributed by atoms with van der Waals surface area (Å²) < 4.78 is 23.3. The number of hydrogen-bond donors (Lipinski definition) is 1. The van der Waals surface area contributed by atoms with Crippen molar-refractivity contribution in [3.63, 3.8) is 0 Å². The molecule has 1 aromatic heterocycles. The number of methoxy groups -OCH3 is 1. The molecule has 100 valence electrons. The fourth-order valence-electron chi connectivity index (χ4n) is 1.60. The van der Waals surface area contributed by atoms with Gasteiger partial charge in [0.1, 0.15) is 11.6 Å². The molecule has 0 aliphatic rings. The number of esters is 1. The molecule has 4 nitrogen and oxygen atoms in total. The summed E-state index contributed by atoms with van der Waals surface area (Å²) in [6.07, 6.45) is 0. The summed E-state index contributed by atoms with van der Waals surface area (Å²) in [7, 11) is 1.27. The molecule has 2 N–H and O–H groups in total. The Balaban J connectivity index is 2.28. The molecular formula is C13H11BrFNO3. The lowest BCUT2D eigenvalue weighted by Gasteiger charge is -2.09. The topological polar surface area (TPSA) is 65.5 Å². The van der Waals surface area contributed by atoms with Crippen molar-refractivity contribution in [2.24, 2.45) is 5.73 Å². The van der Waals surface area contributed by atoms with E-state index in [9.17, 15) is 9.18 Å². The van der Waals surface area contributed by atoms with Crippen molar-refractivity contribution in [1.29, 1.82) is 0 Å². The first kappa shape index (κ1) is 13.8. The van der Waals surface area contributed by atoms with Crippen LogP contribution in [0.25, 0.3) is 0 Å². The molecule has 0 amide bonds. The highest BCUT2D eigenvalue weighted by Gasteiger charge is 2.17. The summed E-state index contributed by atoms with van der Waals surface area (Å²) in [6, 6.07) is 6.93. The molecule has 2 rings (SSSR count). The van der Waals surface area contributed by atoms with Gasteiger partial charge in [0.05, 0.1) is 17.6 Å². The van der Waals surface area contributed by atoms with E-state index in [-0.39, 0.29) is 11.6 Å². The maximum atomic E-state index is 13.1. The van der Waals surface area contributed by atoms with Crippen LogP contribution in [0.2, 0.25) is 0 Å². The van der Waals surface area contributed by atoms with Gasteiger partial charge in [-0.3, -0.25) is 0 Å². The van der Waals surface area contributed by atoms with E-state index in [0.717, 1.165) is 0 Å². The Bertz CT molecular complexity index is 612. The Hall–Kier alpha value is -1.66. The second kappa shape index (κ2) is 5.54. The molecule has 0 saturated carbocycles. The van der Waals surface area contributed by atoms with E-state index >= 15 is 0 Å². The molecule has 6 heteroatoms. The van der Waals surface area contributed by atoms with Gasteiger partial charge in [-0.15, -0.1) is 0 Å². The normalized spacial score (nSPS) is 12.2. The quantitative estimate of drug-likeness (QED) is 0.880. The van der Waals surface area contributed by atoms with Crippen LogP contribution in [-0.2, 0) is 4.74 Å². The van der Waals surface area contributed by atoms with Crippen LogP contribution in [0.3, 0.4) is 0 Å². The molecule has 0 saturated heterocycles. The van der Waals surface area contributed by atoms with Crippen LogP contribution >= 0.6 is 15.9 Å². The minimum atomic E-state index is -0.588. The van der Waals surface area contributed by atoms with Crippen molar-refractivity contribution in [1.82, 2.24) is 0 Å². The number of nitrogens with two attached hydrogens (primary N) is 1. The van der Waals surface area contributed by atoms with Crippen molar-refractivity contribution in [3.05, 3.63) is 57.7 Å². The van der Waals surface area contributed by atoms with Crippen LogP contribution < -0.4 is 5.73 Å². The summed E-state index contributed by atoms with van der Waals surface area (Å²) in [5, 5.41) is 0. The lowest BCUT2D eigenvalue weighted by Crippen LogP contribution is -2.11. The van der Waals surface area contributed by atoms with Gasteiger partial charge in [-0.2, -0.15) is 0 Å². The highest BCUT2D eigenvalue weighted by atomic mass is 79.9. The molecule has 1 aromatic carbocycles. The molecule has 0 bridgehead atoms. The van der Waals surface area contributed by atoms with Crippen LogP contribution in [0.1, 0.15) is 27.9 Å². The van der Waals surface area contributed by atoms with Crippen molar-refractivity contribution in [2.75, 3.05) is 7.11 Å². The first-order chi connectivity index (χ1) is 9.02. The van der Waals surface area contributed by atoms with Gasteiger partial charge in [0.2, 0.25) is 5.76 Å². The average molecular weight is 328 g/mol.